The molecule has 0 radical (unpaired) electrons. The molecule has 0 saturated carbocycles. The number of benzene rings is 1. The van der Waals surface area contributed by atoms with Crippen molar-refractivity contribution in [2.45, 2.75) is 19.3 Å². The summed E-state index contributed by atoms with van der Waals surface area (Å²) in [7, 11) is 0. The van der Waals surface area contributed by atoms with Crippen LogP contribution in [0, 0.1) is 5.92 Å². The van der Waals surface area contributed by atoms with E-state index in [0.717, 1.165) is 64.3 Å². The second-order valence-corrected chi connectivity index (χ2v) is 9.09. The van der Waals surface area contributed by atoms with Crippen molar-refractivity contribution in [3.05, 3.63) is 58.3 Å². The van der Waals surface area contributed by atoms with Crippen molar-refractivity contribution in [3.8, 4) is 0 Å². The highest BCUT2D eigenvalue weighted by Gasteiger charge is 2.23. The molecule has 3 heterocycles. The number of aromatic nitrogens is 1. The van der Waals surface area contributed by atoms with Gasteiger partial charge in [-0.15, -0.1) is 0 Å². The van der Waals surface area contributed by atoms with E-state index in [0.29, 0.717) is 21.5 Å². The molecule has 0 spiro atoms. The van der Waals surface area contributed by atoms with Crippen molar-refractivity contribution in [2.75, 3.05) is 50.7 Å². The van der Waals surface area contributed by atoms with Crippen LogP contribution in [-0.2, 0) is 0 Å². The van der Waals surface area contributed by atoms with Gasteiger partial charge in [-0.25, -0.2) is 5.01 Å². The van der Waals surface area contributed by atoms with Crippen molar-refractivity contribution < 1.29 is 4.79 Å². The van der Waals surface area contributed by atoms with Gasteiger partial charge in [-0.05, 0) is 56.0 Å². The Balaban J connectivity index is 1.15. The Kier molecular flexibility index (Phi) is 7.67. The summed E-state index contributed by atoms with van der Waals surface area (Å²) in [5.74, 6) is 0.635. The molecule has 0 bridgehead atoms. The van der Waals surface area contributed by atoms with E-state index in [1.165, 1.54) is 6.42 Å². The Morgan fingerprint density at radius 3 is 2.52 bits per heavy atom. The quantitative estimate of drug-likeness (QED) is 0.705. The molecule has 8 heteroatoms. The predicted octanol–water partition coefficient (Wildman–Crippen LogP) is 3.96. The first-order valence-electron chi connectivity index (χ1n) is 11.0. The highest BCUT2D eigenvalue weighted by Crippen LogP contribution is 2.33. The topological polar surface area (TPSA) is 51.7 Å². The fourth-order valence-electron chi connectivity index (χ4n) is 4.35. The minimum Gasteiger partial charge on any atom is -0.368 e. The molecule has 31 heavy (non-hydrogen) atoms. The monoisotopic (exact) mass is 461 g/mol. The molecule has 4 rings (SSSR count). The molecule has 1 N–H and O–H groups in total. The lowest BCUT2D eigenvalue weighted by Gasteiger charge is -2.38. The number of hydrazine groups is 1. The third kappa shape index (κ3) is 5.89. The minimum absolute atomic E-state index is 0.0794. The van der Waals surface area contributed by atoms with E-state index in [1.54, 1.807) is 24.5 Å². The molecule has 1 aromatic carbocycles. The summed E-state index contributed by atoms with van der Waals surface area (Å²) in [6, 6.07) is 9.41. The number of carbonyl (C=O) groups excluding carboxylic acids is 1. The number of pyridine rings is 1. The SMILES string of the molecule is O=C(NN1CCC(CCN2CCN(c3cccc(Cl)c3Cl)CC2)CC1)c1cccnc1. The maximum atomic E-state index is 12.3. The van der Waals surface area contributed by atoms with Crippen LogP contribution in [0.15, 0.2) is 42.7 Å². The molecule has 6 nitrogen and oxygen atoms in total. The van der Waals surface area contributed by atoms with Crippen LogP contribution in [0.1, 0.15) is 29.6 Å². The van der Waals surface area contributed by atoms with Gasteiger partial charge in [-0.3, -0.25) is 20.1 Å². The summed E-state index contributed by atoms with van der Waals surface area (Å²) < 4.78 is 0. The van der Waals surface area contributed by atoms with Gasteiger partial charge < -0.3 is 4.90 Å². The summed E-state index contributed by atoms with van der Waals surface area (Å²) in [5.41, 5.74) is 4.64. The molecule has 0 unspecified atom stereocenters. The van der Waals surface area contributed by atoms with E-state index >= 15 is 0 Å². The second kappa shape index (κ2) is 10.6. The van der Waals surface area contributed by atoms with Crippen molar-refractivity contribution in [1.29, 1.82) is 0 Å². The summed E-state index contributed by atoms with van der Waals surface area (Å²) in [4.78, 5) is 21.2. The molecule has 1 amide bonds. The van der Waals surface area contributed by atoms with E-state index in [4.69, 9.17) is 23.2 Å². The molecule has 0 atom stereocenters. The number of nitrogens with zero attached hydrogens (tertiary/aromatic N) is 4. The second-order valence-electron chi connectivity index (χ2n) is 8.30. The Bertz CT molecular complexity index is 866. The largest absolute Gasteiger partial charge is 0.368 e. The van der Waals surface area contributed by atoms with Gasteiger partial charge in [0.1, 0.15) is 0 Å². The number of amides is 1. The Hall–Kier alpha value is -1.86. The number of piperazine rings is 1. The minimum atomic E-state index is -0.0794. The average molecular weight is 462 g/mol. The Labute approximate surface area is 194 Å². The number of piperidine rings is 1. The van der Waals surface area contributed by atoms with Crippen LogP contribution in [0.3, 0.4) is 0 Å². The first-order chi connectivity index (χ1) is 15.1. The van der Waals surface area contributed by atoms with Gasteiger partial charge >= 0.3 is 0 Å². The predicted molar refractivity (Wildman–Crippen MR) is 126 cm³/mol. The molecule has 2 aliphatic rings. The highest BCUT2D eigenvalue weighted by molar-refractivity contribution is 6.43. The van der Waals surface area contributed by atoms with Crippen LogP contribution in [0.2, 0.25) is 10.0 Å². The van der Waals surface area contributed by atoms with Crippen LogP contribution in [0.5, 0.6) is 0 Å². The molecule has 2 aliphatic heterocycles. The maximum absolute atomic E-state index is 12.3. The number of nitrogens with one attached hydrogen (secondary N) is 1. The smallest absolute Gasteiger partial charge is 0.267 e. The lowest BCUT2D eigenvalue weighted by Crippen LogP contribution is -2.48. The lowest BCUT2D eigenvalue weighted by molar-refractivity contribution is 0.0686. The van der Waals surface area contributed by atoms with Crippen LogP contribution in [-0.4, -0.2) is 66.6 Å². The number of rotatable bonds is 6. The van der Waals surface area contributed by atoms with Crippen LogP contribution in [0.25, 0.3) is 0 Å². The van der Waals surface area contributed by atoms with E-state index in [9.17, 15) is 4.79 Å². The first kappa shape index (κ1) is 22.3. The molecular formula is C23H29Cl2N5O. The van der Waals surface area contributed by atoms with Gasteiger partial charge in [-0.1, -0.05) is 29.3 Å². The molecular weight excluding hydrogens is 433 g/mol. The fourth-order valence-corrected chi connectivity index (χ4v) is 4.77. The Morgan fingerprint density at radius 2 is 1.81 bits per heavy atom. The average Bonchev–Trinajstić information content (AvgIpc) is 2.81. The molecule has 166 valence electrons. The molecule has 1 aromatic heterocycles. The van der Waals surface area contributed by atoms with Crippen molar-refractivity contribution in [2.24, 2.45) is 5.92 Å². The normalized spacial score (nSPS) is 18.8. The van der Waals surface area contributed by atoms with Gasteiger partial charge in [-0.2, -0.15) is 0 Å². The summed E-state index contributed by atoms with van der Waals surface area (Å²) in [6.45, 7) is 6.96. The summed E-state index contributed by atoms with van der Waals surface area (Å²) in [6.07, 6.45) is 6.72. The van der Waals surface area contributed by atoms with Crippen molar-refractivity contribution in [3.63, 3.8) is 0 Å². The summed E-state index contributed by atoms with van der Waals surface area (Å²) >= 11 is 12.6. The van der Waals surface area contributed by atoms with Crippen LogP contribution < -0.4 is 10.3 Å². The standard InChI is InChI=1S/C23H29Cl2N5O/c24-20-4-1-5-21(22(20)25)29-15-13-28(14-16-29)10-6-18-7-11-30(12-8-18)27-23(31)19-3-2-9-26-17-19/h1-5,9,17-18H,6-8,10-16H2,(H,27,31). The number of anilines is 1. The number of hydrogen-bond acceptors (Lipinski definition) is 5. The zero-order chi connectivity index (χ0) is 21.6. The maximum Gasteiger partial charge on any atom is 0.267 e. The van der Waals surface area contributed by atoms with Gasteiger partial charge in [0.15, 0.2) is 0 Å². The zero-order valence-electron chi connectivity index (χ0n) is 17.6. The van der Waals surface area contributed by atoms with E-state index in [2.05, 4.69) is 20.2 Å². The Morgan fingerprint density at radius 1 is 1.03 bits per heavy atom. The third-order valence-electron chi connectivity index (χ3n) is 6.30. The van der Waals surface area contributed by atoms with Crippen molar-refractivity contribution in [1.82, 2.24) is 20.3 Å². The molecule has 2 saturated heterocycles. The summed E-state index contributed by atoms with van der Waals surface area (Å²) in [5, 5.41) is 3.31. The highest BCUT2D eigenvalue weighted by atomic mass is 35.5. The molecule has 2 aromatic rings. The van der Waals surface area contributed by atoms with Gasteiger partial charge in [0, 0.05) is 51.7 Å². The lowest BCUT2D eigenvalue weighted by atomic mass is 9.94. The zero-order valence-corrected chi connectivity index (χ0v) is 19.2. The van der Waals surface area contributed by atoms with Gasteiger partial charge in [0.25, 0.3) is 5.91 Å². The molecule has 2 fully saturated rings. The van der Waals surface area contributed by atoms with Crippen LogP contribution >= 0.6 is 23.2 Å². The fraction of sp³-hybridized carbons (Fsp3) is 0.478. The first-order valence-corrected chi connectivity index (χ1v) is 11.7. The number of hydrogen-bond donors (Lipinski definition) is 1. The van der Waals surface area contributed by atoms with E-state index in [-0.39, 0.29) is 5.91 Å². The third-order valence-corrected chi connectivity index (χ3v) is 7.10. The van der Waals surface area contributed by atoms with Gasteiger partial charge in [0.05, 0.1) is 21.3 Å². The number of halogens is 2. The van der Waals surface area contributed by atoms with Gasteiger partial charge in [0.2, 0.25) is 0 Å². The molecule has 0 aliphatic carbocycles. The van der Waals surface area contributed by atoms with E-state index < -0.39 is 0 Å². The number of carbonyl (C=O) groups is 1. The van der Waals surface area contributed by atoms with Crippen LogP contribution in [0.4, 0.5) is 5.69 Å². The van der Waals surface area contributed by atoms with E-state index in [1.807, 2.05) is 23.2 Å². The van der Waals surface area contributed by atoms with Crippen molar-refractivity contribution >= 4 is 34.8 Å².